The molecule has 0 saturated heterocycles. The summed E-state index contributed by atoms with van der Waals surface area (Å²) in [7, 11) is -2.28. The maximum absolute atomic E-state index is 12.5. The van der Waals surface area contributed by atoms with Gasteiger partial charge in [-0.1, -0.05) is 18.2 Å². The minimum Gasteiger partial charge on any atom is -0.478 e. The molecule has 1 aromatic carbocycles. The van der Waals surface area contributed by atoms with Crippen LogP contribution in [0.15, 0.2) is 29.2 Å². The van der Waals surface area contributed by atoms with Crippen LogP contribution in [0, 0.1) is 13.8 Å². The van der Waals surface area contributed by atoms with E-state index in [-0.39, 0.29) is 17.0 Å². The van der Waals surface area contributed by atoms with Crippen LogP contribution in [0.5, 0.6) is 0 Å². The van der Waals surface area contributed by atoms with E-state index in [0.29, 0.717) is 16.7 Å². The van der Waals surface area contributed by atoms with Gasteiger partial charge in [-0.2, -0.15) is 4.31 Å². The first-order valence-electron chi connectivity index (χ1n) is 6.02. The molecule has 1 N–H and O–H groups in total. The molecule has 0 unspecified atom stereocenters. The number of carboxylic acids is 1. The molecular weight excluding hydrogens is 278 g/mol. The molecule has 5 nitrogen and oxygen atoms in total. The van der Waals surface area contributed by atoms with Gasteiger partial charge in [-0.25, -0.2) is 13.2 Å². The Hall–Kier alpha value is -1.66. The monoisotopic (exact) mass is 297 g/mol. The van der Waals surface area contributed by atoms with Crippen molar-refractivity contribution in [3.63, 3.8) is 0 Å². The minimum atomic E-state index is -3.73. The van der Waals surface area contributed by atoms with Gasteiger partial charge in [0.2, 0.25) is 10.0 Å². The SMILES string of the molecule is C=C(C)CN(C)S(=O)(=O)c1cc(C(=O)O)c(C)cc1C. The smallest absolute Gasteiger partial charge is 0.335 e. The largest absolute Gasteiger partial charge is 0.478 e. The van der Waals surface area contributed by atoms with Gasteiger partial charge in [0.05, 0.1) is 10.5 Å². The van der Waals surface area contributed by atoms with Crippen molar-refractivity contribution < 1.29 is 18.3 Å². The Labute approximate surface area is 119 Å². The van der Waals surface area contributed by atoms with Crippen molar-refractivity contribution in [3.05, 3.63) is 41.0 Å². The summed E-state index contributed by atoms with van der Waals surface area (Å²) in [6.07, 6.45) is 0. The van der Waals surface area contributed by atoms with Crippen LogP contribution in [-0.2, 0) is 10.0 Å². The first-order chi connectivity index (χ1) is 9.07. The topological polar surface area (TPSA) is 74.7 Å². The molecule has 0 saturated carbocycles. The zero-order chi connectivity index (χ0) is 15.7. The lowest BCUT2D eigenvalue weighted by Gasteiger charge is -2.19. The summed E-state index contributed by atoms with van der Waals surface area (Å²) in [6.45, 7) is 8.91. The number of hydrogen-bond donors (Lipinski definition) is 1. The molecule has 6 heteroatoms. The number of aromatic carboxylic acids is 1. The predicted octanol–water partition coefficient (Wildman–Crippen LogP) is 2.20. The summed E-state index contributed by atoms with van der Waals surface area (Å²) in [6, 6.07) is 2.79. The van der Waals surface area contributed by atoms with E-state index in [0.717, 1.165) is 0 Å². The fourth-order valence-electron chi connectivity index (χ4n) is 1.97. The number of carboxylic acid groups (broad SMARTS) is 1. The van der Waals surface area contributed by atoms with Crippen molar-refractivity contribution in [2.75, 3.05) is 13.6 Å². The van der Waals surface area contributed by atoms with Gasteiger partial charge in [0.15, 0.2) is 0 Å². The minimum absolute atomic E-state index is 0.00194. The third-order valence-electron chi connectivity index (χ3n) is 2.93. The number of benzene rings is 1. The molecule has 0 aromatic heterocycles. The number of sulfonamides is 1. The van der Waals surface area contributed by atoms with Crippen molar-refractivity contribution in [1.82, 2.24) is 4.31 Å². The third-order valence-corrected chi connectivity index (χ3v) is 4.88. The van der Waals surface area contributed by atoms with Gasteiger partial charge in [0.25, 0.3) is 0 Å². The molecule has 110 valence electrons. The highest BCUT2D eigenvalue weighted by Gasteiger charge is 2.24. The van der Waals surface area contributed by atoms with E-state index in [1.807, 2.05) is 0 Å². The zero-order valence-corrected chi connectivity index (χ0v) is 12.9. The van der Waals surface area contributed by atoms with Crippen LogP contribution < -0.4 is 0 Å². The van der Waals surface area contributed by atoms with Gasteiger partial charge in [-0.15, -0.1) is 0 Å². The lowest BCUT2D eigenvalue weighted by atomic mass is 10.1. The van der Waals surface area contributed by atoms with Crippen LogP contribution >= 0.6 is 0 Å². The Morgan fingerprint density at radius 2 is 1.85 bits per heavy atom. The van der Waals surface area contributed by atoms with E-state index in [2.05, 4.69) is 6.58 Å². The maximum Gasteiger partial charge on any atom is 0.335 e. The fraction of sp³-hybridized carbons (Fsp3) is 0.357. The molecule has 20 heavy (non-hydrogen) atoms. The van der Waals surface area contributed by atoms with Crippen LogP contribution in [0.3, 0.4) is 0 Å². The number of rotatable bonds is 5. The number of likely N-dealkylation sites (N-methyl/N-ethyl adjacent to an activating group) is 1. The van der Waals surface area contributed by atoms with Crippen LogP contribution in [0.2, 0.25) is 0 Å². The van der Waals surface area contributed by atoms with Crippen molar-refractivity contribution in [1.29, 1.82) is 0 Å². The predicted molar refractivity (Wildman–Crippen MR) is 77.5 cm³/mol. The molecule has 1 aromatic rings. The first-order valence-corrected chi connectivity index (χ1v) is 7.46. The van der Waals surface area contributed by atoms with Crippen LogP contribution in [-0.4, -0.2) is 37.4 Å². The summed E-state index contributed by atoms with van der Waals surface area (Å²) in [4.78, 5) is 11.2. The van der Waals surface area contributed by atoms with Gasteiger partial charge < -0.3 is 5.11 Å². The number of aryl methyl sites for hydroxylation is 2. The number of hydrogen-bond acceptors (Lipinski definition) is 3. The van der Waals surface area contributed by atoms with Crippen molar-refractivity contribution in [2.24, 2.45) is 0 Å². The molecule has 0 aliphatic rings. The summed E-state index contributed by atoms with van der Waals surface area (Å²) in [5, 5.41) is 9.11. The van der Waals surface area contributed by atoms with Crippen molar-refractivity contribution in [3.8, 4) is 0 Å². The van der Waals surface area contributed by atoms with Crippen molar-refractivity contribution >= 4 is 16.0 Å². The van der Waals surface area contributed by atoms with Crippen LogP contribution in [0.4, 0.5) is 0 Å². The molecule has 1 rings (SSSR count). The van der Waals surface area contributed by atoms with Crippen molar-refractivity contribution in [2.45, 2.75) is 25.7 Å². The summed E-state index contributed by atoms with van der Waals surface area (Å²) < 4.78 is 26.1. The fourth-order valence-corrected chi connectivity index (χ4v) is 3.43. The number of carbonyl (C=O) groups is 1. The number of nitrogens with zero attached hydrogens (tertiary/aromatic N) is 1. The van der Waals surface area contributed by atoms with E-state index in [4.69, 9.17) is 5.11 Å². The molecule has 0 atom stereocenters. The van der Waals surface area contributed by atoms with Crippen LogP contribution in [0.25, 0.3) is 0 Å². The third kappa shape index (κ3) is 3.26. The average molecular weight is 297 g/mol. The van der Waals surface area contributed by atoms with E-state index in [1.54, 1.807) is 26.8 Å². The molecule has 0 aliphatic heterocycles. The van der Waals surface area contributed by atoms with Gasteiger partial charge in [0.1, 0.15) is 0 Å². The highest BCUT2D eigenvalue weighted by molar-refractivity contribution is 7.89. The molecular formula is C14H19NO4S. The van der Waals surface area contributed by atoms with E-state index in [1.165, 1.54) is 17.4 Å². The lowest BCUT2D eigenvalue weighted by Crippen LogP contribution is -2.29. The molecule has 0 fully saturated rings. The second-order valence-electron chi connectivity index (χ2n) is 4.96. The molecule has 0 bridgehead atoms. The summed E-state index contributed by atoms with van der Waals surface area (Å²) in [5.41, 5.74) is 1.77. The lowest BCUT2D eigenvalue weighted by molar-refractivity contribution is 0.0696. The zero-order valence-electron chi connectivity index (χ0n) is 12.1. The second-order valence-corrected chi connectivity index (χ2v) is 6.97. The molecule has 0 amide bonds. The molecule has 0 spiro atoms. The second kappa shape index (κ2) is 5.76. The quantitative estimate of drug-likeness (QED) is 0.845. The van der Waals surface area contributed by atoms with Gasteiger partial charge in [0, 0.05) is 13.6 Å². The highest BCUT2D eigenvalue weighted by Crippen LogP contribution is 2.23. The van der Waals surface area contributed by atoms with Crippen LogP contribution in [0.1, 0.15) is 28.4 Å². The first kappa shape index (κ1) is 16.4. The van der Waals surface area contributed by atoms with Gasteiger partial charge in [-0.05, 0) is 38.0 Å². The Kier molecular flexibility index (Phi) is 4.73. The highest BCUT2D eigenvalue weighted by atomic mass is 32.2. The Balaban J connectivity index is 3.42. The van der Waals surface area contributed by atoms with E-state index in [9.17, 15) is 13.2 Å². The summed E-state index contributed by atoms with van der Waals surface area (Å²) >= 11 is 0. The summed E-state index contributed by atoms with van der Waals surface area (Å²) in [5.74, 6) is -1.14. The maximum atomic E-state index is 12.5. The molecule has 0 aliphatic carbocycles. The Morgan fingerprint density at radius 3 is 2.30 bits per heavy atom. The Morgan fingerprint density at radius 1 is 1.30 bits per heavy atom. The average Bonchev–Trinajstić information content (AvgIpc) is 2.26. The molecule has 0 heterocycles. The Bertz CT molecular complexity index is 662. The van der Waals surface area contributed by atoms with E-state index >= 15 is 0 Å². The van der Waals surface area contributed by atoms with Gasteiger partial charge in [-0.3, -0.25) is 0 Å². The molecule has 0 radical (unpaired) electrons. The van der Waals surface area contributed by atoms with E-state index < -0.39 is 16.0 Å². The standard InChI is InChI=1S/C14H19NO4S/c1-9(2)8-15(5)20(18,19)13-7-12(14(16)17)10(3)6-11(13)4/h6-7H,1,8H2,2-5H3,(H,16,17). The normalized spacial score (nSPS) is 11.7. The van der Waals surface area contributed by atoms with Gasteiger partial charge >= 0.3 is 5.97 Å².